The van der Waals surface area contributed by atoms with Crippen LogP contribution in [0.1, 0.15) is 20.8 Å². The number of rotatable bonds is 2. The van der Waals surface area contributed by atoms with Crippen LogP contribution in [0.2, 0.25) is 0 Å². The maximum absolute atomic E-state index is 12.1. The third kappa shape index (κ3) is 3.88. The molecule has 1 amide bonds. The maximum Gasteiger partial charge on any atom is 0.414 e. The summed E-state index contributed by atoms with van der Waals surface area (Å²) in [6, 6.07) is 9.79. The van der Waals surface area contributed by atoms with Crippen molar-refractivity contribution in [1.82, 2.24) is 4.57 Å². The van der Waals surface area contributed by atoms with Crippen LogP contribution in [0.4, 0.5) is 10.5 Å². The Hall–Kier alpha value is -1.75. The second-order valence-electron chi connectivity index (χ2n) is 5.77. The summed E-state index contributed by atoms with van der Waals surface area (Å²) in [6.45, 7) is 5.56. The van der Waals surface area contributed by atoms with E-state index in [2.05, 4.69) is 15.9 Å². The molecule has 0 spiro atoms. The van der Waals surface area contributed by atoms with E-state index in [0.29, 0.717) is 0 Å². The Kier molecular flexibility index (Phi) is 4.42. The number of aromatic nitrogens is 1. The SMILES string of the molecule is CN(C(=O)OC(C)(C)C)c1ccn(-c2ccccc2Br)c1. The Labute approximate surface area is 133 Å². The molecule has 0 aliphatic carbocycles. The predicted octanol–water partition coefficient (Wildman–Crippen LogP) is 4.61. The zero-order valence-electron chi connectivity index (χ0n) is 12.6. The summed E-state index contributed by atoms with van der Waals surface area (Å²) >= 11 is 3.52. The first-order chi connectivity index (χ1) is 9.78. The lowest BCUT2D eigenvalue weighted by Crippen LogP contribution is -2.33. The van der Waals surface area contributed by atoms with Crippen LogP contribution in [0, 0.1) is 0 Å². The highest BCUT2D eigenvalue weighted by Gasteiger charge is 2.21. The van der Waals surface area contributed by atoms with E-state index in [0.717, 1.165) is 15.8 Å². The molecule has 112 valence electrons. The fourth-order valence-corrected chi connectivity index (χ4v) is 2.32. The molecule has 2 rings (SSSR count). The first kappa shape index (κ1) is 15.6. The van der Waals surface area contributed by atoms with Gasteiger partial charge in [-0.2, -0.15) is 0 Å². The van der Waals surface area contributed by atoms with E-state index < -0.39 is 5.60 Å². The van der Waals surface area contributed by atoms with Gasteiger partial charge in [-0.15, -0.1) is 0 Å². The quantitative estimate of drug-likeness (QED) is 0.792. The molecular weight excluding hydrogens is 332 g/mol. The lowest BCUT2D eigenvalue weighted by molar-refractivity contribution is 0.0589. The number of para-hydroxylation sites is 1. The van der Waals surface area contributed by atoms with Crippen LogP contribution in [0.3, 0.4) is 0 Å². The average Bonchev–Trinajstić information content (AvgIpc) is 2.85. The van der Waals surface area contributed by atoms with Crippen molar-refractivity contribution < 1.29 is 9.53 Å². The van der Waals surface area contributed by atoms with Crippen molar-refractivity contribution in [3.63, 3.8) is 0 Å². The third-order valence-electron chi connectivity index (χ3n) is 2.86. The molecule has 0 fully saturated rings. The van der Waals surface area contributed by atoms with E-state index in [1.165, 1.54) is 4.90 Å². The highest BCUT2D eigenvalue weighted by molar-refractivity contribution is 9.10. The molecule has 0 bridgehead atoms. The molecule has 1 aromatic carbocycles. The smallest absolute Gasteiger partial charge is 0.414 e. The number of benzene rings is 1. The summed E-state index contributed by atoms with van der Waals surface area (Å²) in [6.07, 6.45) is 3.44. The number of ether oxygens (including phenoxy) is 1. The van der Waals surface area contributed by atoms with Crippen LogP contribution < -0.4 is 4.90 Å². The zero-order chi connectivity index (χ0) is 15.6. The molecule has 0 saturated carbocycles. The number of anilines is 1. The Morgan fingerprint density at radius 1 is 1.24 bits per heavy atom. The molecular formula is C16H19BrN2O2. The summed E-state index contributed by atoms with van der Waals surface area (Å²) in [5, 5.41) is 0. The Morgan fingerprint density at radius 2 is 1.90 bits per heavy atom. The number of amides is 1. The summed E-state index contributed by atoms with van der Waals surface area (Å²) in [4.78, 5) is 13.6. The van der Waals surface area contributed by atoms with Gasteiger partial charge in [0.15, 0.2) is 0 Å². The van der Waals surface area contributed by atoms with Crippen molar-refractivity contribution in [2.24, 2.45) is 0 Å². The molecule has 5 heteroatoms. The normalized spacial score (nSPS) is 11.3. The maximum atomic E-state index is 12.1. The van der Waals surface area contributed by atoms with Gasteiger partial charge >= 0.3 is 6.09 Å². The topological polar surface area (TPSA) is 34.5 Å². The van der Waals surface area contributed by atoms with Gasteiger partial charge in [0.1, 0.15) is 5.60 Å². The van der Waals surface area contributed by atoms with Gasteiger partial charge in [-0.05, 0) is 54.9 Å². The van der Waals surface area contributed by atoms with Crippen molar-refractivity contribution >= 4 is 27.7 Å². The standard InChI is InChI=1S/C16H19BrN2O2/c1-16(2,3)21-15(20)18(4)12-9-10-19(11-12)14-8-6-5-7-13(14)17/h5-11H,1-4H3. The second kappa shape index (κ2) is 5.93. The minimum absolute atomic E-state index is 0.368. The van der Waals surface area contributed by atoms with Crippen molar-refractivity contribution in [2.75, 3.05) is 11.9 Å². The number of halogens is 1. The van der Waals surface area contributed by atoms with Crippen LogP contribution in [-0.4, -0.2) is 23.3 Å². The molecule has 0 atom stereocenters. The van der Waals surface area contributed by atoms with E-state index in [1.54, 1.807) is 7.05 Å². The molecule has 1 heterocycles. The number of hydrogen-bond donors (Lipinski definition) is 0. The van der Waals surface area contributed by atoms with Gasteiger partial charge in [0.05, 0.1) is 11.4 Å². The van der Waals surface area contributed by atoms with Crippen molar-refractivity contribution in [3.05, 3.63) is 47.2 Å². The fraction of sp³-hybridized carbons (Fsp3) is 0.312. The molecule has 0 radical (unpaired) electrons. The summed E-state index contributed by atoms with van der Waals surface area (Å²) < 4.78 is 8.31. The molecule has 0 unspecified atom stereocenters. The van der Waals surface area contributed by atoms with Gasteiger partial charge in [0.25, 0.3) is 0 Å². The highest BCUT2D eigenvalue weighted by atomic mass is 79.9. The van der Waals surface area contributed by atoms with Gasteiger partial charge in [-0.25, -0.2) is 4.79 Å². The lowest BCUT2D eigenvalue weighted by atomic mass is 10.2. The van der Waals surface area contributed by atoms with Gasteiger partial charge in [0.2, 0.25) is 0 Å². The average molecular weight is 351 g/mol. The molecule has 2 aromatic rings. The first-order valence-corrected chi connectivity index (χ1v) is 7.47. The van der Waals surface area contributed by atoms with Gasteiger partial charge < -0.3 is 9.30 Å². The van der Waals surface area contributed by atoms with Gasteiger partial charge in [0, 0.05) is 23.9 Å². The van der Waals surface area contributed by atoms with Crippen LogP contribution >= 0.6 is 15.9 Å². The highest BCUT2D eigenvalue weighted by Crippen LogP contribution is 2.24. The summed E-state index contributed by atoms with van der Waals surface area (Å²) in [5.74, 6) is 0. The fourth-order valence-electron chi connectivity index (χ4n) is 1.83. The molecule has 1 aromatic heterocycles. The number of carbonyl (C=O) groups excluding carboxylic acids is 1. The summed E-state index contributed by atoms with van der Waals surface area (Å²) in [5.41, 5.74) is 1.29. The largest absolute Gasteiger partial charge is 0.443 e. The molecule has 0 aliphatic heterocycles. The Morgan fingerprint density at radius 3 is 2.52 bits per heavy atom. The van der Waals surface area contributed by atoms with E-state index in [-0.39, 0.29) is 6.09 Å². The van der Waals surface area contributed by atoms with Crippen LogP contribution in [0.25, 0.3) is 5.69 Å². The van der Waals surface area contributed by atoms with E-state index in [9.17, 15) is 4.79 Å². The molecule has 0 N–H and O–H groups in total. The van der Waals surface area contributed by atoms with Crippen LogP contribution in [0.5, 0.6) is 0 Å². The zero-order valence-corrected chi connectivity index (χ0v) is 14.2. The second-order valence-corrected chi connectivity index (χ2v) is 6.62. The number of nitrogens with zero attached hydrogens (tertiary/aromatic N) is 2. The first-order valence-electron chi connectivity index (χ1n) is 6.67. The molecule has 21 heavy (non-hydrogen) atoms. The van der Waals surface area contributed by atoms with E-state index >= 15 is 0 Å². The molecule has 0 aliphatic rings. The monoisotopic (exact) mass is 350 g/mol. The Bertz CT molecular complexity index is 644. The minimum Gasteiger partial charge on any atom is -0.443 e. The van der Waals surface area contributed by atoms with Crippen molar-refractivity contribution in [1.29, 1.82) is 0 Å². The summed E-state index contributed by atoms with van der Waals surface area (Å²) in [7, 11) is 1.70. The Balaban J connectivity index is 2.20. The van der Waals surface area contributed by atoms with Crippen LogP contribution in [0.15, 0.2) is 47.2 Å². The van der Waals surface area contributed by atoms with Crippen molar-refractivity contribution in [3.8, 4) is 5.69 Å². The molecule has 0 saturated heterocycles. The number of hydrogen-bond acceptors (Lipinski definition) is 2. The third-order valence-corrected chi connectivity index (χ3v) is 3.53. The van der Waals surface area contributed by atoms with E-state index in [4.69, 9.17) is 4.74 Å². The lowest BCUT2D eigenvalue weighted by Gasteiger charge is -2.24. The molecule has 4 nitrogen and oxygen atoms in total. The number of carbonyl (C=O) groups is 1. The van der Waals surface area contributed by atoms with Gasteiger partial charge in [-0.1, -0.05) is 12.1 Å². The minimum atomic E-state index is -0.504. The van der Waals surface area contributed by atoms with Gasteiger partial charge in [-0.3, -0.25) is 4.90 Å². The predicted molar refractivity (Wildman–Crippen MR) is 88.1 cm³/mol. The van der Waals surface area contributed by atoms with Crippen molar-refractivity contribution in [2.45, 2.75) is 26.4 Å². The van der Waals surface area contributed by atoms with E-state index in [1.807, 2.05) is 68.1 Å². The van der Waals surface area contributed by atoms with Crippen LogP contribution in [-0.2, 0) is 4.74 Å².